The number of thioether (sulfide) groups is 1. The summed E-state index contributed by atoms with van der Waals surface area (Å²) in [7, 11) is 1.59. The van der Waals surface area contributed by atoms with Crippen LogP contribution in [-0.4, -0.2) is 65.9 Å². The molecule has 1 aliphatic heterocycles. The molecule has 23 heavy (non-hydrogen) atoms. The highest BCUT2D eigenvalue weighted by molar-refractivity contribution is 8.00. The molecule has 1 aromatic carbocycles. The Hall–Kier alpha value is -1.69. The maximum atomic E-state index is 12.5. The van der Waals surface area contributed by atoms with Crippen LogP contribution in [-0.2, 0) is 4.79 Å². The highest BCUT2D eigenvalue weighted by Gasteiger charge is 2.25. The van der Waals surface area contributed by atoms with Gasteiger partial charge in [-0.3, -0.25) is 9.59 Å². The molecule has 6 heteroatoms. The zero-order chi connectivity index (χ0) is 16.8. The molecule has 1 heterocycles. The molecule has 0 aliphatic carbocycles. The van der Waals surface area contributed by atoms with Gasteiger partial charge in [-0.15, -0.1) is 11.8 Å². The van der Waals surface area contributed by atoms with E-state index in [0.717, 1.165) is 0 Å². The molecule has 1 aromatic rings. The smallest absolute Gasteiger partial charge is 0.254 e. The lowest BCUT2D eigenvalue weighted by molar-refractivity contribution is -0.129. The molecule has 1 fully saturated rings. The van der Waals surface area contributed by atoms with Gasteiger partial charge in [0.05, 0.1) is 12.9 Å². The first-order valence-electron chi connectivity index (χ1n) is 7.84. The van der Waals surface area contributed by atoms with Crippen LogP contribution in [0.2, 0.25) is 0 Å². The van der Waals surface area contributed by atoms with E-state index in [1.807, 2.05) is 17.0 Å². The molecule has 1 saturated heterocycles. The monoisotopic (exact) mass is 336 g/mol. The highest BCUT2D eigenvalue weighted by Crippen LogP contribution is 2.16. The number of rotatable bonds is 5. The first-order chi connectivity index (χ1) is 11.0. The number of amides is 2. The van der Waals surface area contributed by atoms with Crippen LogP contribution in [0.25, 0.3) is 0 Å². The van der Waals surface area contributed by atoms with Gasteiger partial charge < -0.3 is 14.5 Å². The highest BCUT2D eigenvalue weighted by atomic mass is 32.2. The first-order valence-corrected chi connectivity index (χ1v) is 8.89. The molecular formula is C17H24N2O3S. The van der Waals surface area contributed by atoms with E-state index >= 15 is 0 Å². The Kier molecular flexibility index (Phi) is 6.33. The minimum absolute atomic E-state index is 0.00689. The van der Waals surface area contributed by atoms with Gasteiger partial charge >= 0.3 is 0 Å². The molecule has 126 valence electrons. The van der Waals surface area contributed by atoms with E-state index in [0.29, 0.717) is 48.5 Å². The van der Waals surface area contributed by atoms with Crippen LogP contribution in [0.15, 0.2) is 24.3 Å². The maximum Gasteiger partial charge on any atom is 0.254 e. The van der Waals surface area contributed by atoms with E-state index < -0.39 is 0 Å². The molecule has 0 radical (unpaired) electrons. The third-order valence-corrected chi connectivity index (χ3v) is 4.86. The Morgan fingerprint density at radius 3 is 2.43 bits per heavy atom. The second-order valence-corrected chi connectivity index (χ2v) is 7.33. The lowest BCUT2D eigenvalue weighted by Crippen LogP contribution is -2.51. The van der Waals surface area contributed by atoms with Crippen LogP contribution in [0.3, 0.4) is 0 Å². The van der Waals surface area contributed by atoms with E-state index in [-0.39, 0.29) is 11.8 Å². The molecule has 0 saturated carbocycles. The van der Waals surface area contributed by atoms with E-state index in [2.05, 4.69) is 13.8 Å². The first kappa shape index (κ1) is 17.7. The number of hydrogen-bond donors (Lipinski definition) is 0. The summed E-state index contributed by atoms with van der Waals surface area (Å²) in [5.74, 6) is 1.35. The molecule has 2 rings (SSSR count). The largest absolute Gasteiger partial charge is 0.497 e. The molecule has 0 aromatic heterocycles. The zero-order valence-corrected chi connectivity index (χ0v) is 14.8. The van der Waals surface area contributed by atoms with Crippen molar-refractivity contribution in [3.63, 3.8) is 0 Å². The second kappa shape index (κ2) is 8.24. The fourth-order valence-electron chi connectivity index (χ4n) is 2.43. The number of ether oxygens (including phenoxy) is 1. The third kappa shape index (κ3) is 4.89. The van der Waals surface area contributed by atoms with Crippen LogP contribution < -0.4 is 4.74 Å². The number of hydrogen-bond acceptors (Lipinski definition) is 4. The van der Waals surface area contributed by atoms with E-state index in [1.165, 1.54) is 0 Å². The minimum Gasteiger partial charge on any atom is -0.497 e. The molecule has 0 N–H and O–H groups in total. The number of carbonyl (C=O) groups is 2. The number of carbonyl (C=O) groups excluding carboxylic acids is 2. The molecule has 2 amide bonds. The van der Waals surface area contributed by atoms with Crippen LogP contribution in [0.4, 0.5) is 0 Å². The van der Waals surface area contributed by atoms with Crippen molar-refractivity contribution in [1.82, 2.24) is 9.80 Å². The molecule has 0 unspecified atom stereocenters. The van der Waals surface area contributed by atoms with Crippen molar-refractivity contribution >= 4 is 23.6 Å². The van der Waals surface area contributed by atoms with Crippen molar-refractivity contribution < 1.29 is 14.3 Å². The van der Waals surface area contributed by atoms with Gasteiger partial charge in [0.25, 0.3) is 5.91 Å². The molecular weight excluding hydrogens is 312 g/mol. The summed E-state index contributed by atoms with van der Waals surface area (Å²) < 4.78 is 5.16. The van der Waals surface area contributed by atoms with Crippen molar-refractivity contribution in [3.8, 4) is 5.75 Å². The Labute approximate surface area is 142 Å². The molecule has 0 spiro atoms. The van der Waals surface area contributed by atoms with E-state index in [9.17, 15) is 9.59 Å². The van der Waals surface area contributed by atoms with Gasteiger partial charge in [-0.2, -0.15) is 0 Å². The van der Waals surface area contributed by atoms with Crippen LogP contribution in [0, 0.1) is 0 Å². The van der Waals surface area contributed by atoms with Gasteiger partial charge in [-0.05, 0) is 23.4 Å². The van der Waals surface area contributed by atoms with Crippen LogP contribution >= 0.6 is 11.8 Å². The summed E-state index contributed by atoms with van der Waals surface area (Å²) in [6.07, 6.45) is 0. The average molecular weight is 336 g/mol. The van der Waals surface area contributed by atoms with Gasteiger partial charge in [0, 0.05) is 31.7 Å². The van der Waals surface area contributed by atoms with Gasteiger partial charge in [0.1, 0.15) is 5.75 Å². The summed E-state index contributed by atoms with van der Waals surface area (Å²) in [4.78, 5) is 28.3. The maximum absolute atomic E-state index is 12.5. The third-order valence-electron chi connectivity index (χ3n) is 3.78. The fraction of sp³-hybridized carbons (Fsp3) is 0.529. The number of nitrogens with zero attached hydrogens (tertiary/aromatic N) is 2. The Morgan fingerprint density at radius 1 is 1.17 bits per heavy atom. The Balaban J connectivity index is 1.88. The van der Waals surface area contributed by atoms with Gasteiger partial charge in [-0.25, -0.2) is 0 Å². The van der Waals surface area contributed by atoms with Crippen LogP contribution in [0.5, 0.6) is 5.75 Å². The summed E-state index contributed by atoms with van der Waals surface area (Å²) in [6, 6.07) is 7.18. The predicted molar refractivity (Wildman–Crippen MR) is 93.1 cm³/mol. The van der Waals surface area contributed by atoms with E-state index in [1.54, 1.807) is 35.9 Å². The molecule has 1 aliphatic rings. The molecule has 0 bridgehead atoms. The average Bonchev–Trinajstić information content (AvgIpc) is 2.59. The Bertz CT molecular complexity index is 555. The minimum atomic E-state index is -0.00689. The zero-order valence-electron chi connectivity index (χ0n) is 13.9. The number of benzene rings is 1. The lowest BCUT2D eigenvalue weighted by atomic mass is 10.1. The topological polar surface area (TPSA) is 49.9 Å². The van der Waals surface area contributed by atoms with Gasteiger partial charge in [-0.1, -0.05) is 19.9 Å². The second-order valence-electron chi connectivity index (χ2n) is 5.76. The van der Waals surface area contributed by atoms with Crippen LogP contribution in [0.1, 0.15) is 24.2 Å². The van der Waals surface area contributed by atoms with Crippen molar-refractivity contribution in [1.29, 1.82) is 0 Å². The van der Waals surface area contributed by atoms with Crippen molar-refractivity contribution in [2.24, 2.45) is 0 Å². The van der Waals surface area contributed by atoms with Gasteiger partial charge in [0.15, 0.2) is 0 Å². The van der Waals surface area contributed by atoms with Crippen molar-refractivity contribution in [2.75, 3.05) is 39.0 Å². The number of piperazine rings is 1. The summed E-state index contributed by atoms with van der Waals surface area (Å²) in [5, 5.41) is 0.454. The standard InChI is InChI=1S/C17H24N2O3S/c1-13(2)23-12-16(20)18-7-9-19(10-8-18)17(21)14-5-4-6-15(11-14)22-3/h4-6,11,13H,7-10,12H2,1-3H3. The quantitative estimate of drug-likeness (QED) is 0.826. The summed E-state index contributed by atoms with van der Waals surface area (Å²) >= 11 is 1.66. The summed E-state index contributed by atoms with van der Waals surface area (Å²) in [6.45, 7) is 6.54. The fourth-order valence-corrected chi connectivity index (χ4v) is 3.09. The number of methoxy groups -OCH3 is 1. The normalized spacial score (nSPS) is 15.0. The molecule has 0 atom stereocenters. The van der Waals surface area contributed by atoms with Gasteiger partial charge in [0.2, 0.25) is 5.91 Å². The van der Waals surface area contributed by atoms with Crippen molar-refractivity contribution in [3.05, 3.63) is 29.8 Å². The molecule has 5 nitrogen and oxygen atoms in total. The summed E-state index contributed by atoms with van der Waals surface area (Å²) in [5.41, 5.74) is 0.625. The van der Waals surface area contributed by atoms with Crippen molar-refractivity contribution in [2.45, 2.75) is 19.1 Å². The Morgan fingerprint density at radius 2 is 1.83 bits per heavy atom. The predicted octanol–water partition coefficient (Wildman–Crippen LogP) is 2.12. The lowest BCUT2D eigenvalue weighted by Gasteiger charge is -2.35. The van der Waals surface area contributed by atoms with E-state index in [4.69, 9.17) is 4.74 Å². The SMILES string of the molecule is COc1cccc(C(=O)N2CCN(C(=O)CSC(C)C)CC2)c1.